The highest BCUT2D eigenvalue weighted by molar-refractivity contribution is 6.27. The summed E-state index contributed by atoms with van der Waals surface area (Å²) in [7, 11) is 0. The monoisotopic (exact) mass is 187 g/mol. The van der Waals surface area contributed by atoms with E-state index in [1.54, 1.807) is 0 Å². The normalized spacial score (nSPS) is 33.9. The van der Waals surface area contributed by atoms with Crippen LogP contribution in [0.4, 0.5) is 0 Å². The minimum Gasteiger partial charge on any atom is -0.341 e. The minimum absolute atomic E-state index is 0.117. The number of carbonyl (C=O) groups excluding carboxylic acids is 1. The van der Waals surface area contributed by atoms with Crippen molar-refractivity contribution < 1.29 is 4.79 Å². The topological polar surface area (TPSA) is 20.3 Å². The number of nitrogens with zero attached hydrogens (tertiary/aromatic N) is 1. The number of fused-ring (bicyclic) bond motifs is 1. The summed E-state index contributed by atoms with van der Waals surface area (Å²) in [4.78, 5) is 13.2. The van der Waals surface area contributed by atoms with Crippen LogP contribution in [0.5, 0.6) is 0 Å². The third-order valence-corrected chi connectivity index (χ3v) is 3.42. The summed E-state index contributed by atoms with van der Waals surface area (Å²) in [6.45, 7) is 1.94. The van der Waals surface area contributed by atoms with Gasteiger partial charge in [0, 0.05) is 13.1 Å². The number of alkyl halides is 1. The lowest BCUT2D eigenvalue weighted by Gasteiger charge is -2.15. The molecule has 2 fully saturated rings. The molecule has 1 saturated heterocycles. The number of rotatable bonds is 1. The van der Waals surface area contributed by atoms with Crippen LogP contribution < -0.4 is 0 Å². The average molecular weight is 188 g/mol. The Morgan fingerprint density at radius 2 is 1.92 bits per heavy atom. The summed E-state index contributed by atoms with van der Waals surface area (Å²) in [5.41, 5.74) is 0. The van der Waals surface area contributed by atoms with Crippen LogP contribution in [0, 0.1) is 11.8 Å². The lowest BCUT2D eigenvalue weighted by atomic mass is 10.0. The van der Waals surface area contributed by atoms with E-state index < -0.39 is 0 Å². The van der Waals surface area contributed by atoms with Gasteiger partial charge in [-0.25, -0.2) is 0 Å². The molecule has 0 radical (unpaired) electrons. The highest BCUT2D eigenvalue weighted by atomic mass is 35.5. The molecule has 1 heterocycles. The molecule has 1 amide bonds. The van der Waals surface area contributed by atoms with E-state index in [1.165, 1.54) is 19.3 Å². The fourth-order valence-electron chi connectivity index (χ4n) is 2.52. The number of carbonyl (C=O) groups is 1. The second kappa shape index (κ2) is 3.25. The maximum absolute atomic E-state index is 11.2. The van der Waals surface area contributed by atoms with E-state index in [-0.39, 0.29) is 11.8 Å². The SMILES string of the molecule is O=C(CCl)N1CC2CCC[C@H]2C1. The molecule has 0 spiro atoms. The highest BCUT2D eigenvalue weighted by Gasteiger charge is 2.37. The van der Waals surface area contributed by atoms with E-state index in [0.717, 1.165) is 24.9 Å². The predicted octanol–water partition coefficient (Wildman–Crippen LogP) is 1.48. The van der Waals surface area contributed by atoms with Gasteiger partial charge in [-0.05, 0) is 24.7 Å². The molecule has 3 heteroatoms. The molecule has 0 N–H and O–H groups in total. The molecule has 0 aromatic carbocycles. The quantitative estimate of drug-likeness (QED) is 0.570. The first kappa shape index (κ1) is 8.36. The zero-order valence-corrected chi connectivity index (χ0v) is 7.89. The molecule has 2 rings (SSSR count). The van der Waals surface area contributed by atoms with Gasteiger partial charge in [0.05, 0.1) is 0 Å². The Hall–Kier alpha value is -0.240. The van der Waals surface area contributed by atoms with Crippen LogP contribution in [0.1, 0.15) is 19.3 Å². The first-order valence-electron chi connectivity index (χ1n) is 4.65. The molecule has 1 aliphatic heterocycles. The van der Waals surface area contributed by atoms with Crippen molar-refractivity contribution in [1.82, 2.24) is 4.90 Å². The predicted molar refractivity (Wildman–Crippen MR) is 48.1 cm³/mol. The molecule has 1 saturated carbocycles. The maximum Gasteiger partial charge on any atom is 0.237 e. The molecule has 1 aliphatic carbocycles. The van der Waals surface area contributed by atoms with Crippen LogP contribution >= 0.6 is 11.6 Å². The number of hydrogen-bond donors (Lipinski definition) is 0. The van der Waals surface area contributed by atoms with Crippen molar-refractivity contribution in [3.63, 3.8) is 0 Å². The summed E-state index contributed by atoms with van der Waals surface area (Å²) >= 11 is 5.50. The third kappa shape index (κ3) is 1.33. The van der Waals surface area contributed by atoms with Gasteiger partial charge < -0.3 is 4.90 Å². The van der Waals surface area contributed by atoms with Crippen molar-refractivity contribution in [1.29, 1.82) is 0 Å². The van der Waals surface area contributed by atoms with E-state index in [1.807, 2.05) is 4.90 Å². The van der Waals surface area contributed by atoms with Gasteiger partial charge in [-0.15, -0.1) is 11.6 Å². The summed E-state index contributed by atoms with van der Waals surface area (Å²) in [5, 5.41) is 0. The Morgan fingerprint density at radius 3 is 2.42 bits per heavy atom. The Balaban J connectivity index is 1.94. The molecular formula is C9H14ClNO. The highest BCUT2D eigenvalue weighted by Crippen LogP contribution is 2.37. The molecule has 2 atom stereocenters. The van der Waals surface area contributed by atoms with Gasteiger partial charge in [0.2, 0.25) is 5.91 Å². The average Bonchev–Trinajstić information content (AvgIpc) is 2.60. The molecule has 0 bridgehead atoms. The van der Waals surface area contributed by atoms with Crippen LogP contribution in [0.15, 0.2) is 0 Å². The van der Waals surface area contributed by atoms with E-state index in [0.29, 0.717) is 0 Å². The van der Waals surface area contributed by atoms with Gasteiger partial charge in [0.1, 0.15) is 5.88 Å². The van der Waals surface area contributed by atoms with Crippen LogP contribution in [0.3, 0.4) is 0 Å². The van der Waals surface area contributed by atoms with Crippen LogP contribution in [0.2, 0.25) is 0 Å². The van der Waals surface area contributed by atoms with Crippen molar-refractivity contribution in [3.05, 3.63) is 0 Å². The Morgan fingerprint density at radius 1 is 1.33 bits per heavy atom. The Kier molecular flexibility index (Phi) is 2.26. The maximum atomic E-state index is 11.2. The van der Waals surface area contributed by atoms with Crippen molar-refractivity contribution in [2.24, 2.45) is 11.8 Å². The lowest BCUT2D eigenvalue weighted by Crippen LogP contribution is -2.30. The molecule has 1 unspecified atom stereocenters. The molecule has 0 aromatic heterocycles. The molecule has 68 valence electrons. The van der Waals surface area contributed by atoms with Crippen LogP contribution in [-0.2, 0) is 4.79 Å². The summed E-state index contributed by atoms with van der Waals surface area (Å²) in [6, 6.07) is 0. The smallest absolute Gasteiger partial charge is 0.237 e. The van der Waals surface area contributed by atoms with Crippen molar-refractivity contribution in [2.45, 2.75) is 19.3 Å². The van der Waals surface area contributed by atoms with Gasteiger partial charge in [0.25, 0.3) is 0 Å². The summed E-state index contributed by atoms with van der Waals surface area (Å²) in [5.74, 6) is 1.85. The Bertz CT molecular complexity index is 183. The van der Waals surface area contributed by atoms with E-state index >= 15 is 0 Å². The molecular weight excluding hydrogens is 174 g/mol. The number of halogens is 1. The molecule has 2 aliphatic rings. The molecule has 2 nitrogen and oxygen atoms in total. The van der Waals surface area contributed by atoms with E-state index in [9.17, 15) is 4.79 Å². The number of amides is 1. The van der Waals surface area contributed by atoms with Gasteiger partial charge in [-0.1, -0.05) is 6.42 Å². The van der Waals surface area contributed by atoms with E-state index in [2.05, 4.69) is 0 Å². The number of likely N-dealkylation sites (tertiary alicyclic amines) is 1. The van der Waals surface area contributed by atoms with Gasteiger partial charge >= 0.3 is 0 Å². The molecule has 0 aromatic rings. The Labute approximate surface area is 77.9 Å². The third-order valence-electron chi connectivity index (χ3n) is 3.19. The standard InChI is InChI=1S/C9H14ClNO/c10-4-9(12)11-5-7-2-1-3-8(7)6-11/h7-8H,1-6H2/t7-,8?/m0/s1. The second-order valence-corrected chi connectivity index (χ2v) is 4.15. The van der Waals surface area contributed by atoms with Crippen molar-refractivity contribution >= 4 is 17.5 Å². The zero-order valence-electron chi connectivity index (χ0n) is 7.13. The van der Waals surface area contributed by atoms with Gasteiger partial charge in [-0.2, -0.15) is 0 Å². The van der Waals surface area contributed by atoms with Crippen molar-refractivity contribution in [3.8, 4) is 0 Å². The molecule has 12 heavy (non-hydrogen) atoms. The lowest BCUT2D eigenvalue weighted by molar-refractivity contribution is -0.127. The van der Waals surface area contributed by atoms with Crippen LogP contribution in [0.25, 0.3) is 0 Å². The fraction of sp³-hybridized carbons (Fsp3) is 0.889. The van der Waals surface area contributed by atoms with Crippen LogP contribution in [-0.4, -0.2) is 29.8 Å². The second-order valence-electron chi connectivity index (χ2n) is 3.88. The fourth-order valence-corrected chi connectivity index (χ4v) is 2.69. The van der Waals surface area contributed by atoms with Crippen molar-refractivity contribution in [2.75, 3.05) is 19.0 Å². The summed E-state index contributed by atoms with van der Waals surface area (Å²) < 4.78 is 0. The van der Waals surface area contributed by atoms with E-state index in [4.69, 9.17) is 11.6 Å². The zero-order chi connectivity index (χ0) is 8.55. The first-order chi connectivity index (χ1) is 5.81. The largest absolute Gasteiger partial charge is 0.341 e. The minimum atomic E-state index is 0.117. The number of hydrogen-bond acceptors (Lipinski definition) is 1. The summed E-state index contributed by atoms with van der Waals surface area (Å²) in [6.07, 6.45) is 3.99. The van der Waals surface area contributed by atoms with Gasteiger partial charge in [-0.3, -0.25) is 4.79 Å². The van der Waals surface area contributed by atoms with Gasteiger partial charge in [0.15, 0.2) is 0 Å². The first-order valence-corrected chi connectivity index (χ1v) is 5.18.